The average molecular weight is 391 g/mol. The van der Waals surface area contributed by atoms with E-state index in [2.05, 4.69) is 5.32 Å². The number of aliphatic hydroxyl groups is 1. The van der Waals surface area contributed by atoms with E-state index < -0.39 is 15.9 Å². The van der Waals surface area contributed by atoms with Gasteiger partial charge >= 0.3 is 0 Å². The van der Waals surface area contributed by atoms with Gasteiger partial charge in [0.1, 0.15) is 11.3 Å². The van der Waals surface area contributed by atoms with Gasteiger partial charge in [-0.15, -0.1) is 0 Å². The van der Waals surface area contributed by atoms with Crippen molar-refractivity contribution in [3.8, 4) is 0 Å². The standard InChI is InChI=1S/C20H26N2O4S/c1-5-13(4)18-19(23)17(20(24)22(18)10-12(2)3)15-11-27(25,26)16-9-7-6-8-14(16)21-15/h6-9,11-13,18,21,23H,5,10H2,1-4H3/t13-,18-/m0/s1. The fourth-order valence-corrected chi connectivity index (χ4v) is 4.96. The van der Waals surface area contributed by atoms with Crippen molar-refractivity contribution >= 4 is 21.4 Å². The van der Waals surface area contributed by atoms with Crippen LogP contribution in [0.2, 0.25) is 0 Å². The number of anilines is 1. The van der Waals surface area contributed by atoms with Crippen molar-refractivity contribution in [2.45, 2.75) is 45.1 Å². The third-order valence-electron chi connectivity index (χ3n) is 5.10. The Labute approximate surface area is 160 Å². The lowest BCUT2D eigenvalue weighted by atomic mass is 9.96. The predicted molar refractivity (Wildman–Crippen MR) is 105 cm³/mol. The Kier molecular flexibility index (Phi) is 5.08. The van der Waals surface area contributed by atoms with E-state index in [0.717, 1.165) is 11.8 Å². The molecule has 2 aliphatic rings. The minimum absolute atomic E-state index is 0.0525. The van der Waals surface area contributed by atoms with Crippen LogP contribution >= 0.6 is 0 Å². The van der Waals surface area contributed by atoms with Crippen LogP contribution in [0.3, 0.4) is 0 Å². The first-order chi connectivity index (χ1) is 12.7. The molecule has 3 rings (SSSR count). The summed E-state index contributed by atoms with van der Waals surface area (Å²) in [5.74, 6) is -0.105. The summed E-state index contributed by atoms with van der Waals surface area (Å²) in [6.07, 6.45) is 0.789. The average Bonchev–Trinajstić information content (AvgIpc) is 2.83. The molecule has 1 aromatic rings. The van der Waals surface area contributed by atoms with Crippen LogP contribution in [0.25, 0.3) is 0 Å². The molecular weight excluding hydrogens is 364 g/mol. The lowest BCUT2D eigenvalue weighted by Crippen LogP contribution is -2.42. The van der Waals surface area contributed by atoms with E-state index in [9.17, 15) is 18.3 Å². The number of nitrogens with zero attached hydrogens (tertiary/aromatic N) is 1. The molecule has 2 atom stereocenters. The van der Waals surface area contributed by atoms with Crippen molar-refractivity contribution in [3.05, 3.63) is 46.7 Å². The zero-order valence-electron chi connectivity index (χ0n) is 16.1. The van der Waals surface area contributed by atoms with Gasteiger partial charge in [-0.25, -0.2) is 8.42 Å². The number of amides is 1. The van der Waals surface area contributed by atoms with Crippen molar-refractivity contribution in [3.63, 3.8) is 0 Å². The van der Waals surface area contributed by atoms with Gasteiger partial charge in [0.05, 0.1) is 27.7 Å². The van der Waals surface area contributed by atoms with E-state index in [0.29, 0.717) is 12.2 Å². The smallest absolute Gasteiger partial charge is 0.260 e. The number of benzene rings is 1. The molecule has 1 aromatic carbocycles. The maximum Gasteiger partial charge on any atom is 0.260 e. The lowest BCUT2D eigenvalue weighted by molar-refractivity contribution is -0.128. The molecule has 146 valence electrons. The second kappa shape index (κ2) is 7.03. The molecule has 0 saturated carbocycles. The quantitative estimate of drug-likeness (QED) is 0.804. The van der Waals surface area contributed by atoms with Gasteiger partial charge in [-0.2, -0.15) is 0 Å². The summed E-state index contributed by atoms with van der Waals surface area (Å²) < 4.78 is 25.3. The first kappa shape index (κ1) is 19.5. The first-order valence-corrected chi connectivity index (χ1v) is 10.8. The topological polar surface area (TPSA) is 86.7 Å². The molecular formula is C20H26N2O4S. The normalized spacial score (nSPS) is 22.6. The van der Waals surface area contributed by atoms with E-state index >= 15 is 0 Å². The molecule has 1 amide bonds. The van der Waals surface area contributed by atoms with Gasteiger partial charge in [0.25, 0.3) is 5.91 Å². The van der Waals surface area contributed by atoms with E-state index in [1.165, 1.54) is 6.07 Å². The number of hydrogen-bond acceptors (Lipinski definition) is 5. The van der Waals surface area contributed by atoms with Crippen molar-refractivity contribution in [1.29, 1.82) is 0 Å². The summed E-state index contributed by atoms with van der Waals surface area (Å²) in [7, 11) is -3.70. The number of hydrogen-bond donors (Lipinski definition) is 2. The zero-order valence-corrected chi connectivity index (χ0v) is 16.9. The molecule has 2 N–H and O–H groups in total. The van der Waals surface area contributed by atoms with Gasteiger partial charge in [0, 0.05) is 6.54 Å². The highest BCUT2D eigenvalue weighted by atomic mass is 32.2. The minimum atomic E-state index is -3.70. The van der Waals surface area contributed by atoms with Crippen LogP contribution in [-0.4, -0.2) is 36.9 Å². The Hall–Kier alpha value is -2.28. The maximum atomic E-state index is 13.1. The van der Waals surface area contributed by atoms with Crippen LogP contribution in [-0.2, 0) is 14.6 Å². The number of carbonyl (C=O) groups excluding carboxylic acids is 1. The van der Waals surface area contributed by atoms with Crippen molar-refractivity contribution in [1.82, 2.24) is 4.90 Å². The Morgan fingerprint density at radius 1 is 1.22 bits per heavy atom. The molecule has 2 aliphatic heterocycles. The second-order valence-electron chi connectivity index (χ2n) is 7.64. The van der Waals surface area contributed by atoms with Gasteiger partial charge in [0.15, 0.2) is 0 Å². The molecule has 0 aromatic heterocycles. The number of fused-ring (bicyclic) bond motifs is 1. The number of rotatable bonds is 5. The third kappa shape index (κ3) is 3.36. The summed E-state index contributed by atoms with van der Waals surface area (Å²) in [4.78, 5) is 15.0. The van der Waals surface area contributed by atoms with E-state index in [1.807, 2.05) is 27.7 Å². The molecule has 0 unspecified atom stereocenters. The summed E-state index contributed by atoms with van der Waals surface area (Å²) in [5.41, 5.74) is 0.597. The zero-order chi connectivity index (χ0) is 19.9. The van der Waals surface area contributed by atoms with Crippen molar-refractivity contribution < 1.29 is 18.3 Å². The molecule has 0 aliphatic carbocycles. The van der Waals surface area contributed by atoms with E-state index in [-0.39, 0.29) is 39.7 Å². The number of nitrogens with one attached hydrogen (secondary N) is 1. The first-order valence-electron chi connectivity index (χ1n) is 9.24. The van der Waals surface area contributed by atoms with Gasteiger partial charge in [-0.3, -0.25) is 4.79 Å². The molecule has 27 heavy (non-hydrogen) atoms. The minimum Gasteiger partial charge on any atom is -0.509 e. The Bertz CT molecular complexity index is 931. The lowest BCUT2D eigenvalue weighted by Gasteiger charge is -2.30. The molecule has 0 bridgehead atoms. The van der Waals surface area contributed by atoms with Crippen LogP contribution in [0.1, 0.15) is 34.1 Å². The van der Waals surface area contributed by atoms with Crippen LogP contribution in [0, 0.1) is 11.8 Å². The molecule has 0 fully saturated rings. The fraction of sp³-hybridized carbons (Fsp3) is 0.450. The molecule has 0 saturated heterocycles. The van der Waals surface area contributed by atoms with Crippen molar-refractivity contribution in [2.75, 3.05) is 11.9 Å². The highest BCUT2D eigenvalue weighted by Crippen LogP contribution is 2.38. The van der Waals surface area contributed by atoms with Crippen LogP contribution in [0.5, 0.6) is 0 Å². The number of aliphatic hydroxyl groups excluding tert-OH is 1. The molecule has 6 nitrogen and oxygen atoms in total. The van der Waals surface area contributed by atoms with Crippen LogP contribution < -0.4 is 5.32 Å². The van der Waals surface area contributed by atoms with E-state index in [1.54, 1.807) is 23.1 Å². The summed E-state index contributed by atoms with van der Waals surface area (Å²) in [6.45, 7) is 8.51. The Morgan fingerprint density at radius 2 is 1.89 bits per heavy atom. The summed E-state index contributed by atoms with van der Waals surface area (Å²) >= 11 is 0. The van der Waals surface area contributed by atoms with Crippen molar-refractivity contribution in [2.24, 2.45) is 11.8 Å². The van der Waals surface area contributed by atoms with Gasteiger partial charge in [-0.1, -0.05) is 46.2 Å². The highest BCUT2D eigenvalue weighted by molar-refractivity contribution is 7.94. The molecule has 2 heterocycles. The fourth-order valence-electron chi connectivity index (χ4n) is 3.65. The predicted octanol–water partition coefficient (Wildman–Crippen LogP) is 3.45. The molecule has 0 radical (unpaired) electrons. The number of para-hydroxylation sites is 1. The summed E-state index contributed by atoms with van der Waals surface area (Å²) in [6, 6.07) is 6.10. The Morgan fingerprint density at radius 3 is 2.52 bits per heavy atom. The van der Waals surface area contributed by atoms with E-state index in [4.69, 9.17) is 0 Å². The summed E-state index contributed by atoms with van der Waals surface area (Å²) in [5, 5.41) is 15.0. The van der Waals surface area contributed by atoms with Crippen LogP contribution in [0.15, 0.2) is 51.6 Å². The van der Waals surface area contributed by atoms with Gasteiger partial charge in [-0.05, 0) is 24.0 Å². The SMILES string of the molecule is CC[C@H](C)[C@H]1C(O)=C(C2=CS(=O)(=O)c3ccccc3N2)C(=O)N1CC(C)C. The van der Waals surface area contributed by atoms with Gasteiger partial charge < -0.3 is 15.3 Å². The maximum absolute atomic E-state index is 13.1. The monoisotopic (exact) mass is 390 g/mol. The number of sulfone groups is 1. The molecule has 7 heteroatoms. The third-order valence-corrected chi connectivity index (χ3v) is 6.61. The second-order valence-corrected chi connectivity index (χ2v) is 9.41. The van der Waals surface area contributed by atoms with Gasteiger partial charge in [0.2, 0.25) is 9.84 Å². The largest absolute Gasteiger partial charge is 0.509 e. The van der Waals surface area contributed by atoms with Crippen LogP contribution in [0.4, 0.5) is 5.69 Å². The highest BCUT2D eigenvalue weighted by Gasteiger charge is 2.44. The number of carbonyl (C=O) groups is 1. The Balaban J connectivity index is 2.09. The molecule has 0 spiro atoms.